The summed E-state index contributed by atoms with van der Waals surface area (Å²) in [6, 6.07) is 2.00. The SMILES string of the molecule is CCc1cc(NCC2(O)CCNC2)nc(N2CCCCC2)n1. The zero-order valence-corrected chi connectivity index (χ0v) is 13.4. The van der Waals surface area contributed by atoms with E-state index >= 15 is 0 Å². The normalized spacial score (nSPS) is 25.5. The fourth-order valence-electron chi connectivity index (χ4n) is 3.13. The van der Waals surface area contributed by atoms with E-state index < -0.39 is 5.60 Å². The Bertz CT molecular complexity index is 495. The Morgan fingerprint density at radius 2 is 2.14 bits per heavy atom. The van der Waals surface area contributed by atoms with Gasteiger partial charge >= 0.3 is 0 Å². The van der Waals surface area contributed by atoms with E-state index in [-0.39, 0.29) is 0 Å². The summed E-state index contributed by atoms with van der Waals surface area (Å²) in [5.41, 5.74) is 0.386. The van der Waals surface area contributed by atoms with E-state index in [0.29, 0.717) is 13.1 Å². The van der Waals surface area contributed by atoms with Gasteiger partial charge in [-0.3, -0.25) is 0 Å². The molecule has 1 atom stereocenters. The number of β-amino-alcohol motifs (C(OH)–C–C–N with tert-alkyl or cyclic N) is 1. The van der Waals surface area contributed by atoms with Crippen molar-refractivity contribution in [3.63, 3.8) is 0 Å². The first-order chi connectivity index (χ1) is 10.7. The lowest BCUT2D eigenvalue weighted by Crippen LogP contribution is -2.39. The molecular weight excluding hydrogens is 278 g/mol. The predicted molar refractivity (Wildman–Crippen MR) is 88.4 cm³/mol. The van der Waals surface area contributed by atoms with E-state index in [4.69, 9.17) is 0 Å². The van der Waals surface area contributed by atoms with Crippen LogP contribution in [-0.2, 0) is 6.42 Å². The van der Waals surface area contributed by atoms with Crippen LogP contribution in [0.4, 0.5) is 11.8 Å². The molecule has 0 spiro atoms. The first kappa shape index (κ1) is 15.5. The van der Waals surface area contributed by atoms with E-state index in [2.05, 4.69) is 32.4 Å². The quantitative estimate of drug-likeness (QED) is 0.758. The van der Waals surface area contributed by atoms with Gasteiger partial charge in [-0.15, -0.1) is 0 Å². The lowest BCUT2D eigenvalue weighted by atomic mass is 10.0. The highest BCUT2D eigenvalue weighted by Crippen LogP contribution is 2.20. The van der Waals surface area contributed by atoms with E-state index in [1.54, 1.807) is 0 Å². The molecule has 0 aromatic carbocycles. The molecule has 6 nitrogen and oxygen atoms in total. The van der Waals surface area contributed by atoms with E-state index in [1.807, 2.05) is 6.07 Å². The lowest BCUT2D eigenvalue weighted by molar-refractivity contribution is 0.0751. The maximum Gasteiger partial charge on any atom is 0.227 e. The second-order valence-electron chi connectivity index (χ2n) is 6.45. The van der Waals surface area contributed by atoms with Crippen LogP contribution in [-0.4, -0.2) is 53.4 Å². The van der Waals surface area contributed by atoms with E-state index in [0.717, 1.165) is 49.9 Å². The average molecular weight is 305 g/mol. The van der Waals surface area contributed by atoms with Gasteiger partial charge < -0.3 is 20.6 Å². The molecule has 22 heavy (non-hydrogen) atoms. The summed E-state index contributed by atoms with van der Waals surface area (Å²) < 4.78 is 0. The van der Waals surface area contributed by atoms with Gasteiger partial charge in [-0.25, -0.2) is 4.98 Å². The number of anilines is 2. The summed E-state index contributed by atoms with van der Waals surface area (Å²) in [5.74, 6) is 1.66. The molecule has 1 unspecified atom stereocenters. The van der Waals surface area contributed by atoms with Crippen molar-refractivity contribution in [1.82, 2.24) is 15.3 Å². The summed E-state index contributed by atoms with van der Waals surface area (Å²) in [4.78, 5) is 11.6. The van der Waals surface area contributed by atoms with Gasteiger partial charge in [-0.1, -0.05) is 6.92 Å². The van der Waals surface area contributed by atoms with Gasteiger partial charge in [0.05, 0.1) is 5.60 Å². The molecule has 0 saturated carbocycles. The molecule has 2 aliphatic heterocycles. The third-order valence-electron chi connectivity index (χ3n) is 4.59. The van der Waals surface area contributed by atoms with Crippen LogP contribution in [0.15, 0.2) is 6.07 Å². The van der Waals surface area contributed by atoms with Crippen molar-refractivity contribution in [3.05, 3.63) is 11.8 Å². The molecule has 6 heteroatoms. The minimum atomic E-state index is -0.664. The second-order valence-corrected chi connectivity index (χ2v) is 6.45. The zero-order valence-electron chi connectivity index (χ0n) is 13.4. The molecule has 1 aromatic rings. The van der Waals surface area contributed by atoms with Gasteiger partial charge in [0.2, 0.25) is 5.95 Å². The molecular formula is C16H27N5O. The largest absolute Gasteiger partial charge is 0.387 e. The molecule has 3 rings (SSSR count). The van der Waals surface area contributed by atoms with Crippen molar-refractivity contribution in [1.29, 1.82) is 0 Å². The number of nitrogens with zero attached hydrogens (tertiary/aromatic N) is 3. The molecule has 3 N–H and O–H groups in total. The number of rotatable bonds is 5. The number of hydrogen-bond donors (Lipinski definition) is 3. The fourth-order valence-corrected chi connectivity index (χ4v) is 3.13. The van der Waals surface area contributed by atoms with Crippen LogP contribution in [0.5, 0.6) is 0 Å². The smallest absolute Gasteiger partial charge is 0.227 e. The molecule has 2 aliphatic rings. The number of hydrogen-bond acceptors (Lipinski definition) is 6. The molecule has 0 amide bonds. The Morgan fingerprint density at radius 1 is 1.32 bits per heavy atom. The summed E-state index contributed by atoms with van der Waals surface area (Å²) >= 11 is 0. The van der Waals surface area contributed by atoms with E-state index in [1.165, 1.54) is 19.3 Å². The minimum Gasteiger partial charge on any atom is -0.387 e. The summed E-state index contributed by atoms with van der Waals surface area (Å²) in [6.45, 7) is 6.24. The van der Waals surface area contributed by atoms with Crippen LogP contribution < -0.4 is 15.5 Å². The van der Waals surface area contributed by atoms with Gasteiger partial charge in [-0.05, 0) is 38.6 Å². The molecule has 1 aromatic heterocycles. The number of aromatic nitrogens is 2. The Labute approximate surface area is 132 Å². The molecule has 122 valence electrons. The molecule has 2 saturated heterocycles. The second kappa shape index (κ2) is 6.79. The Balaban J connectivity index is 1.72. The van der Waals surface area contributed by atoms with E-state index in [9.17, 15) is 5.11 Å². The summed E-state index contributed by atoms with van der Waals surface area (Å²) in [7, 11) is 0. The molecule has 0 bridgehead atoms. The van der Waals surface area contributed by atoms with Crippen molar-refractivity contribution < 1.29 is 5.11 Å². The zero-order chi connectivity index (χ0) is 15.4. The topological polar surface area (TPSA) is 73.3 Å². The third kappa shape index (κ3) is 3.67. The number of nitrogens with one attached hydrogen (secondary N) is 2. The van der Waals surface area contributed by atoms with Crippen molar-refractivity contribution in [2.45, 2.75) is 44.6 Å². The summed E-state index contributed by atoms with van der Waals surface area (Å²) in [6.07, 6.45) is 5.41. The van der Waals surface area contributed by atoms with Crippen LogP contribution in [0, 0.1) is 0 Å². The molecule has 0 radical (unpaired) electrons. The molecule has 2 fully saturated rings. The third-order valence-corrected chi connectivity index (χ3v) is 4.59. The number of aliphatic hydroxyl groups is 1. The maximum atomic E-state index is 10.4. The van der Waals surface area contributed by atoms with Crippen LogP contribution in [0.3, 0.4) is 0 Å². The van der Waals surface area contributed by atoms with Crippen LogP contribution >= 0.6 is 0 Å². The van der Waals surface area contributed by atoms with Crippen LogP contribution in [0.1, 0.15) is 38.3 Å². The monoisotopic (exact) mass is 305 g/mol. The molecule has 3 heterocycles. The highest BCUT2D eigenvalue weighted by Gasteiger charge is 2.30. The van der Waals surface area contributed by atoms with Crippen molar-refractivity contribution >= 4 is 11.8 Å². The Morgan fingerprint density at radius 3 is 2.82 bits per heavy atom. The average Bonchev–Trinajstić information content (AvgIpc) is 3.01. The number of aryl methyl sites for hydroxylation is 1. The van der Waals surface area contributed by atoms with Gasteiger partial charge in [0.1, 0.15) is 5.82 Å². The van der Waals surface area contributed by atoms with Crippen molar-refractivity contribution in [2.24, 2.45) is 0 Å². The van der Waals surface area contributed by atoms with Crippen molar-refractivity contribution in [2.75, 3.05) is 42.9 Å². The maximum absolute atomic E-state index is 10.4. The fraction of sp³-hybridized carbons (Fsp3) is 0.750. The lowest BCUT2D eigenvalue weighted by Gasteiger charge is -2.28. The van der Waals surface area contributed by atoms with Gasteiger partial charge in [0.15, 0.2) is 0 Å². The summed E-state index contributed by atoms with van der Waals surface area (Å²) in [5, 5.41) is 16.9. The Hall–Kier alpha value is -1.40. The van der Waals surface area contributed by atoms with Gasteiger partial charge in [0.25, 0.3) is 0 Å². The highest BCUT2D eigenvalue weighted by molar-refractivity contribution is 5.44. The van der Waals surface area contributed by atoms with Crippen LogP contribution in [0.2, 0.25) is 0 Å². The Kier molecular flexibility index (Phi) is 4.78. The van der Waals surface area contributed by atoms with Gasteiger partial charge in [-0.2, -0.15) is 4.98 Å². The van der Waals surface area contributed by atoms with Crippen molar-refractivity contribution in [3.8, 4) is 0 Å². The van der Waals surface area contributed by atoms with Gasteiger partial charge in [0, 0.05) is 37.9 Å². The standard InChI is InChI=1S/C16H27N5O/c1-2-13-10-14(18-12-16(22)6-7-17-11-16)20-15(19-13)21-8-4-3-5-9-21/h10,17,22H,2-9,11-12H2,1H3,(H,18,19,20). The van der Waals surface area contributed by atoms with Crippen LogP contribution in [0.25, 0.3) is 0 Å². The highest BCUT2D eigenvalue weighted by atomic mass is 16.3. The number of piperidine rings is 1. The molecule has 0 aliphatic carbocycles. The minimum absolute atomic E-state index is 0.527. The first-order valence-electron chi connectivity index (χ1n) is 8.48. The first-order valence-corrected chi connectivity index (χ1v) is 8.48. The predicted octanol–water partition coefficient (Wildman–Crippen LogP) is 1.17.